The summed E-state index contributed by atoms with van der Waals surface area (Å²) < 4.78 is 4.96. The van der Waals surface area contributed by atoms with Crippen molar-refractivity contribution in [2.75, 3.05) is 18.5 Å². The van der Waals surface area contributed by atoms with E-state index < -0.39 is 0 Å². The number of halogens is 1. The summed E-state index contributed by atoms with van der Waals surface area (Å²) in [6.45, 7) is 2.19. The molecule has 18 heavy (non-hydrogen) atoms. The van der Waals surface area contributed by atoms with E-state index in [2.05, 4.69) is 10.5 Å². The number of ether oxygens (including phenoxy) is 1. The van der Waals surface area contributed by atoms with Crippen molar-refractivity contribution in [1.82, 2.24) is 0 Å². The van der Waals surface area contributed by atoms with Gasteiger partial charge in [0.15, 0.2) is 5.84 Å². The molecule has 0 fully saturated rings. The summed E-state index contributed by atoms with van der Waals surface area (Å²) >= 11 is 5.92. The highest BCUT2D eigenvalue weighted by Gasteiger charge is 2.08. The summed E-state index contributed by atoms with van der Waals surface area (Å²) in [5.41, 5.74) is 6.28. The smallest absolute Gasteiger partial charge is 0.250 e. The summed E-state index contributed by atoms with van der Waals surface area (Å²) in [5.74, 6) is -0.387. The molecule has 7 heteroatoms. The SMILES string of the molecule is CCOCC(=O)Nc1cc(C(N)=NO)ccc1Cl. The van der Waals surface area contributed by atoms with Crippen molar-refractivity contribution >= 4 is 29.0 Å². The Morgan fingerprint density at radius 3 is 2.94 bits per heavy atom. The van der Waals surface area contributed by atoms with E-state index in [-0.39, 0.29) is 18.3 Å². The average molecular weight is 272 g/mol. The van der Waals surface area contributed by atoms with Crippen LogP contribution in [-0.2, 0) is 9.53 Å². The topological polar surface area (TPSA) is 96.9 Å². The van der Waals surface area contributed by atoms with Gasteiger partial charge in [0.2, 0.25) is 5.91 Å². The Hall–Kier alpha value is -1.79. The third kappa shape index (κ3) is 3.90. The zero-order valence-electron chi connectivity index (χ0n) is 9.81. The van der Waals surface area contributed by atoms with Crippen LogP contribution in [0, 0.1) is 0 Å². The predicted molar refractivity (Wildman–Crippen MR) is 69.1 cm³/mol. The minimum atomic E-state index is -0.324. The van der Waals surface area contributed by atoms with E-state index in [9.17, 15) is 4.79 Å². The summed E-state index contributed by atoms with van der Waals surface area (Å²) in [6.07, 6.45) is 0. The largest absolute Gasteiger partial charge is 0.409 e. The van der Waals surface area contributed by atoms with E-state index in [0.29, 0.717) is 22.9 Å². The number of nitrogens with two attached hydrogens (primary N) is 1. The number of oxime groups is 1. The lowest BCUT2D eigenvalue weighted by atomic mass is 10.2. The van der Waals surface area contributed by atoms with Gasteiger partial charge in [-0.1, -0.05) is 16.8 Å². The van der Waals surface area contributed by atoms with Crippen LogP contribution < -0.4 is 11.1 Å². The van der Waals surface area contributed by atoms with Crippen LogP contribution >= 0.6 is 11.6 Å². The quantitative estimate of drug-likeness (QED) is 0.326. The molecule has 0 aliphatic heterocycles. The normalized spacial score (nSPS) is 11.3. The standard InChI is InChI=1S/C11H14ClN3O3/c1-2-18-6-10(16)14-9-5-7(11(13)15-17)3-4-8(9)12/h3-5,17H,2,6H2,1H3,(H2,13,15)(H,14,16). The summed E-state index contributed by atoms with van der Waals surface area (Å²) in [6, 6.07) is 4.64. The van der Waals surface area contributed by atoms with Crippen LogP contribution in [0.25, 0.3) is 0 Å². The average Bonchev–Trinajstić information content (AvgIpc) is 2.38. The van der Waals surface area contributed by atoms with Gasteiger partial charge >= 0.3 is 0 Å². The minimum absolute atomic E-state index is 0.0549. The molecular formula is C11H14ClN3O3. The third-order valence-electron chi connectivity index (χ3n) is 2.08. The molecular weight excluding hydrogens is 258 g/mol. The fourth-order valence-corrected chi connectivity index (χ4v) is 1.38. The van der Waals surface area contributed by atoms with Gasteiger partial charge in [-0.15, -0.1) is 0 Å². The zero-order chi connectivity index (χ0) is 13.5. The molecule has 0 bridgehead atoms. The van der Waals surface area contributed by atoms with Crippen LogP contribution in [0.4, 0.5) is 5.69 Å². The molecule has 0 aromatic heterocycles. The molecule has 1 aromatic rings. The summed E-state index contributed by atoms with van der Waals surface area (Å²) in [5, 5.41) is 14.4. The number of hydrogen-bond donors (Lipinski definition) is 3. The van der Waals surface area contributed by atoms with Crippen LogP contribution in [0.15, 0.2) is 23.4 Å². The second-order valence-electron chi connectivity index (χ2n) is 3.37. The number of anilines is 1. The lowest BCUT2D eigenvalue weighted by Gasteiger charge is -2.09. The molecule has 0 aliphatic carbocycles. The maximum Gasteiger partial charge on any atom is 0.250 e. The summed E-state index contributed by atoms with van der Waals surface area (Å²) in [4.78, 5) is 11.5. The number of hydrogen-bond acceptors (Lipinski definition) is 4. The van der Waals surface area contributed by atoms with Gasteiger partial charge in [0.25, 0.3) is 0 Å². The molecule has 0 atom stereocenters. The maximum absolute atomic E-state index is 11.5. The van der Waals surface area contributed by atoms with Gasteiger partial charge in [-0.05, 0) is 25.1 Å². The highest BCUT2D eigenvalue weighted by Crippen LogP contribution is 2.22. The molecule has 0 unspecified atom stereocenters. The molecule has 4 N–H and O–H groups in total. The molecule has 0 heterocycles. The number of nitrogens with zero attached hydrogens (tertiary/aromatic N) is 1. The van der Waals surface area contributed by atoms with Crippen molar-refractivity contribution < 1.29 is 14.7 Å². The van der Waals surface area contributed by atoms with Crippen molar-refractivity contribution in [1.29, 1.82) is 0 Å². The number of carbonyl (C=O) groups is 1. The molecule has 0 spiro atoms. The molecule has 0 saturated carbocycles. The molecule has 6 nitrogen and oxygen atoms in total. The van der Waals surface area contributed by atoms with Crippen molar-refractivity contribution in [3.05, 3.63) is 28.8 Å². The van der Waals surface area contributed by atoms with Crippen LogP contribution in [0.1, 0.15) is 12.5 Å². The first-order valence-corrected chi connectivity index (χ1v) is 5.61. The van der Waals surface area contributed by atoms with Crippen molar-refractivity contribution in [2.24, 2.45) is 10.9 Å². The van der Waals surface area contributed by atoms with Gasteiger partial charge in [0.1, 0.15) is 6.61 Å². The van der Waals surface area contributed by atoms with E-state index in [1.54, 1.807) is 19.1 Å². The van der Waals surface area contributed by atoms with Crippen LogP contribution in [0.3, 0.4) is 0 Å². The van der Waals surface area contributed by atoms with Crippen molar-refractivity contribution in [3.8, 4) is 0 Å². The molecule has 98 valence electrons. The van der Waals surface area contributed by atoms with Gasteiger partial charge in [0, 0.05) is 12.2 Å². The molecule has 0 aliphatic rings. The van der Waals surface area contributed by atoms with E-state index in [1.165, 1.54) is 6.07 Å². The minimum Gasteiger partial charge on any atom is -0.409 e. The number of amidine groups is 1. The molecule has 1 amide bonds. The Labute approximate surface area is 109 Å². The van der Waals surface area contributed by atoms with E-state index in [0.717, 1.165) is 0 Å². The van der Waals surface area contributed by atoms with Crippen molar-refractivity contribution in [2.45, 2.75) is 6.92 Å². The number of rotatable bonds is 5. The van der Waals surface area contributed by atoms with Crippen molar-refractivity contribution in [3.63, 3.8) is 0 Å². The predicted octanol–water partition coefficient (Wildman–Crippen LogP) is 1.41. The maximum atomic E-state index is 11.5. The Kier molecular flexibility index (Phi) is 5.41. The fourth-order valence-electron chi connectivity index (χ4n) is 1.22. The van der Waals surface area contributed by atoms with Gasteiger partial charge < -0.3 is 21.0 Å². The van der Waals surface area contributed by atoms with E-state index in [1.807, 2.05) is 0 Å². The Bertz CT molecular complexity index is 463. The van der Waals surface area contributed by atoms with Crippen LogP contribution in [0.5, 0.6) is 0 Å². The molecule has 1 rings (SSSR count). The Morgan fingerprint density at radius 2 is 2.33 bits per heavy atom. The molecule has 0 radical (unpaired) electrons. The molecule has 1 aromatic carbocycles. The molecule has 0 saturated heterocycles. The monoisotopic (exact) mass is 271 g/mol. The Morgan fingerprint density at radius 1 is 1.61 bits per heavy atom. The first-order chi connectivity index (χ1) is 8.58. The number of nitrogens with one attached hydrogen (secondary N) is 1. The zero-order valence-corrected chi connectivity index (χ0v) is 10.6. The van der Waals surface area contributed by atoms with Crippen LogP contribution in [-0.4, -0.2) is 30.2 Å². The number of benzene rings is 1. The van der Waals surface area contributed by atoms with Crippen LogP contribution in [0.2, 0.25) is 5.02 Å². The third-order valence-corrected chi connectivity index (χ3v) is 2.41. The highest BCUT2D eigenvalue weighted by atomic mass is 35.5. The first kappa shape index (κ1) is 14.3. The lowest BCUT2D eigenvalue weighted by molar-refractivity contribution is -0.120. The van der Waals surface area contributed by atoms with Gasteiger partial charge in [-0.3, -0.25) is 4.79 Å². The van der Waals surface area contributed by atoms with Gasteiger partial charge in [0.05, 0.1) is 10.7 Å². The highest BCUT2D eigenvalue weighted by molar-refractivity contribution is 6.33. The van der Waals surface area contributed by atoms with E-state index in [4.69, 9.17) is 27.3 Å². The van der Waals surface area contributed by atoms with Gasteiger partial charge in [-0.2, -0.15) is 0 Å². The van der Waals surface area contributed by atoms with Gasteiger partial charge in [-0.25, -0.2) is 0 Å². The fraction of sp³-hybridized carbons (Fsp3) is 0.273. The lowest BCUT2D eigenvalue weighted by Crippen LogP contribution is -2.19. The number of amides is 1. The number of carbonyl (C=O) groups excluding carboxylic acids is 1. The van der Waals surface area contributed by atoms with E-state index >= 15 is 0 Å². The summed E-state index contributed by atoms with van der Waals surface area (Å²) in [7, 11) is 0. The Balaban J connectivity index is 2.84. The first-order valence-electron chi connectivity index (χ1n) is 5.23. The second kappa shape index (κ2) is 6.83. The second-order valence-corrected chi connectivity index (χ2v) is 3.77.